The van der Waals surface area contributed by atoms with Crippen LogP contribution in [0.5, 0.6) is 0 Å². The lowest BCUT2D eigenvalue weighted by molar-refractivity contribution is 0.0981. The molecule has 0 saturated heterocycles. The molecule has 6 nitrogen and oxygen atoms in total. The van der Waals surface area contributed by atoms with E-state index in [1.807, 2.05) is 4.72 Å². The molecule has 0 saturated carbocycles. The van der Waals surface area contributed by atoms with Crippen LogP contribution >= 0.6 is 0 Å². The zero-order valence-electron chi connectivity index (χ0n) is 9.76. The van der Waals surface area contributed by atoms with Crippen molar-refractivity contribution in [2.45, 2.75) is 18.7 Å². The Morgan fingerprint density at radius 2 is 2.06 bits per heavy atom. The molecule has 0 aliphatic carbocycles. The van der Waals surface area contributed by atoms with Crippen molar-refractivity contribution >= 4 is 15.9 Å². The molecule has 2 heterocycles. The Kier molecular flexibility index (Phi) is 3.00. The van der Waals surface area contributed by atoms with Gasteiger partial charge in [-0.05, 0) is 19.9 Å². The first-order chi connectivity index (χ1) is 8.40. The quantitative estimate of drug-likeness (QED) is 0.914. The number of aryl methyl sites for hydroxylation is 2. The van der Waals surface area contributed by atoms with Crippen molar-refractivity contribution in [3.05, 3.63) is 41.7 Å². The number of hydrogen-bond donors (Lipinski definition) is 1. The summed E-state index contributed by atoms with van der Waals surface area (Å²) in [7, 11) is -3.93. The summed E-state index contributed by atoms with van der Waals surface area (Å²) < 4.78 is 35.7. The van der Waals surface area contributed by atoms with Gasteiger partial charge in [-0.15, -0.1) is 0 Å². The van der Waals surface area contributed by atoms with Crippen LogP contribution in [0, 0.1) is 13.8 Å². The van der Waals surface area contributed by atoms with Gasteiger partial charge in [-0.3, -0.25) is 4.79 Å². The summed E-state index contributed by atoms with van der Waals surface area (Å²) in [6.07, 6.45) is 2.45. The third-order valence-corrected chi connectivity index (χ3v) is 3.73. The molecule has 0 atom stereocenters. The zero-order valence-corrected chi connectivity index (χ0v) is 10.6. The lowest BCUT2D eigenvalue weighted by Gasteiger charge is -2.03. The lowest BCUT2D eigenvalue weighted by Crippen LogP contribution is -2.30. The first-order valence-corrected chi connectivity index (χ1v) is 6.55. The maximum Gasteiger partial charge on any atom is 0.268 e. The van der Waals surface area contributed by atoms with Gasteiger partial charge in [0.15, 0.2) is 0 Å². The fourth-order valence-electron chi connectivity index (χ4n) is 1.50. The molecule has 0 radical (unpaired) electrons. The predicted octanol–water partition coefficient (Wildman–Crippen LogP) is 1.61. The number of amides is 1. The van der Waals surface area contributed by atoms with Crippen LogP contribution in [-0.4, -0.2) is 14.3 Å². The summed E-state index contributed by atoms with van der Waals surface area (Å²) in [6.45, 7) is 3.15. The van der Waals surface area contributed by atoms with Crippen LogP contribution in [0.4, 0.5) is 0 Å². The van der Waals surface area contributed by atoms with Crippen LogP contribution < -0.4 is 4.72 Å². The average molecular weight is 269 g/mol. The second-order valence-corrected chi connectivity index (χ2v) is 5.37. The van der Waals surface area contributed by atoms with Crippen LogP contribution in [0.3, 0.4) is 0 Å². The van der Waals surface area contributed by atoms with Crippen molar-refractivity contribution in [3.63, 3.8) is 0 Å². The largest absolute Gasteiger partial charge is 0.472 e. The Morgan fingerprint density at radius 1 is 1.33 bits per heavy atom. The molecule has 0 aromatic carbocycles. The molecular formula is C11H11NO5S. The number of rotatable bonds is 3. The van der Waals surface area contributed by atoms with Gasteiger partial charge in [-0.1, -0.05) is 0 Å². The summed E-state index contributed by atoms with van der Waals surface area (Å²) in [4.78, 5) is 11.6. The number of carbonyl (C=O) groups excluding carboxylic acids is 1. The molecule has 7 heteroatoms. The van der Waals surface area contributed by atoms with E-state index in [-0.39, 0.29) is 16.2 Å². The maximum absolute atomic E-state index is 11.9. The third kappa shape index (κ3) is 2.30. The molecule has 0 unspecified atom stereocenters. The molecule has 0 bridgehead atoms. The van der Waals surface area contributed by atoms with Gasteiger partial charge in [-0.25, -0.2) is 13.1 Å². The molecule has 2 aromatic rings. The molecule has 0 spiro atoms. The highest BCUT2D eigenvalue weighted by molar-refractivity contribution is 7.90. The van der Waals surface area contributed by atoms with Crippen molar-refractivity contribution in [1.82, 2.24) is 4.72 Å². The Morgan fingerprint density at radius 3 is 2.56 bits per heavy atom. The molecule has 0 aliphatic heterocycles. The van der Waals surface area contributed by atoms with Crippen molar-refractivity contribution in [1.29, 1.82) is 0 Å². The van der Waals surface area contributed by atoms with Crippen LogP contribution in [-0.2, 0) is 10.0 Å². The van der Waals surface area contributed by atoms with Crippen LogP contribution in [0.25, 0.3) is 0 Å². The summed E-state index contributed by atoms with van der Waals surface area (Å²) in [5.74, 6) is -0.0503. The van der Waals surface area contributed by atoms with Crippen molar-refractivity contribution < 1.29 is 22.0 Å². The smallest absolute Gasteiger partial charge is 0.268 e. The van der Waals surface area contributed by atoms with Gasteiger partial charge in [0.05, 0.1) is 11.8 Å². The minimum absolute atomic E-state index is 0.0446. The summed E-state index contributed by atoms with van der Waals surface area (Å²) >= 11 is 0. The van der Waals surface area contributed by atoms with Crippen LogP contribution in [0.15, 0.2) is 38.4 Å². The van der Waals surface area contributed by atoms with Gasteiger partial charge in [0.25, 0.3) is 15.9 Å². The molecule has 18 heavy (non-hydrogen) atoms. The Bertz CT molecular complexity index is 666. The molecular weight excluding hydrogens is 258 g/mol. The molecule has 1 N–H and O–H groups in total. The predicted molar refractivity (Wildman–Crippen MR) is 61.5 cm³/mol. The molecule has 2 rings (SSSR count). The molecule has 0 fully saturated rings. The van der Waals surface area contributed by atoms with Gasteiger partial charge in [-0.2, -0.15) is 0 Å². The van der Waals surface area contributed by atoms with E-state index in [9.17, 15) is 13.2 Å². The standard InChI is InChI=1S/C11H11NO5S/c1-7-5-10(8(2)17-7)18(14,15)12-11(13)9-3-4-16-6-9/h3-6H,1-2H3,(H,12,13). The van der Waals surface area contributed by atoms with E-state index in [1.165, 1.54) is 31.6 Å². The Hall–Kier alpha value is -2.02. The lowest BCUT2D eigenvalue weighted by atomic mass is 10.3. The van der Waals surface area contributed by atoms with E-state index >= 15 is 0 Å². The highest BCUT2D eigenvalue weighted by Gasteiger charge is 2.23. The fraction of sp³-hybridized carbons (Fsp3) is 0.182. The second kappa shape index (κ2) is 4.34. The number of furan rings is 2. The molecule has 1 amide bonds. The Balaban J connectivity index is 2.28. The van der Waals surface area contributed by atoms with Crippen molar-refractivity contribution in [3.8, 4) is 0 Å². The van der Waals surface area contributed by atoms with Gasteiger partial charge in [0.2, 0.25) is 0 Å². The van der Waals surface area contributed by atoms with Gasteiger partial charge >= 0.3 is 0 Å². The molecule has 96 valence electrons. The molecule has 0 aliphatic rings. The van der Waals surface area contributed by atoms with Gasteiger partial charge < -0.3 is 8.83 Å². The average Bonchev–Trinajstić information content (AvgIpc) is 2.86. The van der Waals surface area contributed by atoms with Crippen LogP contribution in [0.2, 0.25) is 0 Å². The zero-order chi connectivity index (χ0) is 13.3. The van der Waals surface area contributed by atoms with Crippen molar-refractivity contribution in [2.75, 3.05) is 0 Å². The fourth-order valence-corrected chi connectivity index (χ4v) is 2.72. The van der Waals surface area contributed by atoms with E-state index in [0.29, 0.717) is 5.76 Å². The van der Waals surface area contributed by atoms with Crippen LogP contribution in [0.1, 0.15) is 21.9 Å². The van der Waals surface area contributed by atoms with Crippen molar-refractivity contribution in [2.24, 2.45) is 0 Å². The van der Waals surface area contributed by atoms with E-state index < -0.39 is 15.9 Å². The first-order valence-electron chi connectivity index (χ1n) is 5.06. The number of nitrogens with one attached hydrogen (secondary N) is 1. The minimum atomic E-state index is -3.93. The normalized spacial score (nSPS) is 11.4. The minimum Gasteiger partial charge on any atom is -0.472 e. The van der Waals surface area contributed by atoms with E-state index in [0.717, 1.165) is 0 Å². The topological polar surface area (TPSA) is 89.5 Å². The monoisotopic (exact) mass is 269 g/mol. The van der Waals surface area contributed by atoms with E-state index in [2.05, 4.69) is 0 Å². The summed E-state index contributed by atoms with van der Waals surface area (Å²) in [5.41, 5.74) is 0.136. The van der Waals surface area contributed by atoms with Gasteiger partial charge in [0, 0.05) is 6.07 Å². The third-order valence-electron chi connectivity index (χ3n) is 2.30. The summed E-state index contributed by atoms with van der Waals surface area (Å²) in [6, 6.07) is 2.73. The highest BCUT2D eigenvalue weighted by Crippen LogP contribution is 2.19. The van der Waals surface area contributed by atoms with E-state index in [4.69, 9.17) is 8.83 Å². The first kappa shape index (κ1) is 12.4. The SMILES string of the molecule is Cc1cc(S(=O)(=O)NC(=O)c2ccoc2)c(C)o1. The second-order valence-electron chi connectivity index (χ2n) is 3.72. The number of hydrogen-bond acceptors (Lipinski definition) is 5. The van der Waals surface area contributed by atoms with Gasteiger partial charge in [0.1, 0.15) is 22.7 Å². The Labute approximate surface area is 104 Å². The number of sulfonamides is 1. The highest BCUT2D eigenvalue weighted by atomic mass is 32.2. The maximum atomic E-state index is 11.9. The van der Waals surface area contributed by atoms with E-state index in [1.54, 1.807) is 6.92 Å². The summed E-state index contributed by atoms with van der Waals surface area (Å²) in [5, 5.41) is 0. The number of carbonyl (C=O) groups is 1. The molecule has 2 aromatic heterocycles.